The fourth-order valence-electron chi connectivity index (χ4n) is 3.44. The summed E-state index contributed by atoms with van der Waals surface area (Å²) >= 11 is 0. The number of aromatic amines is 3. The maximum atomic E-state index is 12.1. The van der Waals surface area contributed by atoms with E-state index in [0.717, 1.165) is 50.6 Å². The normalized spacial score (nSPS) is 18.2. The van der Waals surface area contributed by atoms with Gasteiger partial charge < -0.3 is 19.7 Å². The number of nitrogens with zero attached hydrogens (tertiary/aromatic N) is 2. The SMILES string of the molecule is C=c1[nH]c(=O)c(=Cc2nc(CCCN3CCOC(C)C3)[nH]c2C(C)C)[nH]c1=O.Cl. The van der Waals surface area contributed by atoms with Crippen LogP contribution in [0.5, 0.6) is 0 Å². The fraction of sp³-hybridized carbons (Fsp3) is 0.550. The average molecular weight is 424 g/mol. The Bertz CT molecular complexity index is 1040. The lowest BCUT2D eigenvalue weighted by molar-refractivity contribution is -0.0184. The van der Waals surface area contributed by atoms with Gasteiger partial charge in [-0.25, -0.2) is 4.98 Å². The zero-order valence-electron chi connectivity index (χ0n) is 17.2. The number of H-pyrrole nitrogens is 3. The molecule has 29 heavy (non-hydrogen) atoms. The maximum absolute atomic E-state index is 12.1. The van der Waals surface area contributed by atoms with E-state index >= 15 is 0 Å². The van der Waals surface area contributed by atoms with Crippen molar-refractivity contribution in [2.24, 2.45) is 0 Å². The second-order valence-electron chi connectivity index (χ2n) is 7.67. The lowest BCUT2D eigenvalue weighted by Gasteiger charge is -2.30. The number of nitrogens with one attached hydrogen (secondary N) is 3. The van der Waals surface area contributed by atoms with Crippen molar-refractivity contribution in [2.75, 3.05) is 26.2 Å². The Kier molecular flexibility index (Phi) is 8.01. The quantitative estimate of drug-likeness (QED) is 0.616. The van der Waals surface area contributed by atoms with Crippen LogP contribution in [0.3, 0.4) is 0 Å². The molecule has 3 rings (SSSR count). The number of ether oxygens (including phenoxy) is 1. The zero-order valence-corrected chi connectivity index (χ0v) is 18.0. The van der Waals surface area contributed by atoms with E-state index in [0.29, 0.717) is 5.69 Å². The number of morpholine rings is 1. The first-order chi connectivity index (χ1) is 13.3. The molecule has 3 heterocycles. The van der Waals surface area contributed by atoms with Gasteiger partial charge in [0.25, 0.3) is 11.1 Å². The van der Waals surface area contributed by atoms with Crippen LogP contribution in [0.25, 0.3) is 12.7 Å². The molecule has 1 fully saturated rings. The van der Waals surface area contributed by atoms with Gasteiger partial charge in [0.2, 0.25) is 0 Å². The van der Waals surface area contributed by atoms with Gasteiger partial charge in [0.1, 0.15) is 11.2 Å². The molecule has 0 bridgehead atoms. The van der Waals surface area contributed by atoms with Gasteiger partial charge in [-0.15, -0.1) is 12.4 Å². The highest BCUT2D eigenvalue weighted by Crippen LogP contribution is 2.18. The topological polar surface area (TPSA) is 107 Å². The summed E-state index contributed by atoms with van der Waals surface area (Å²) in [5.74, 6) is 1.11. The van der Waals surface area contributed by atoms with E-state index < -0.39 is 5.56 Å². The molecular formula is C20H30ClN5O3. The van der Waals surface area contributed by atoms with Gasteiger partial charge in [-0.05, 0) is 31.9 Å². The molecule has 0 aliphatic carbocycles. The summed E-state index contributed by atoms with van der Waals surface area (Å²) in [6.45, 7) is 13.5. The van der Waals surface area contributed by atoms with E-state index in [2.05, 4.69) is 52.2 Å². The van der Waals surface area contributed by atoms with Crippen molar-refractivity contribution in [2.45, 2.75) is 45.6 Å². The molecule has 1 atom stereocenters. The largest absolute Gasteiger partial charge is 0.376 e. The molecule has 8 nitrogen and oxygen atoms in total. The minimum Gasteiger partial charge on any atom is -0.376 e. The van der Waals surface area contributed by atoms with Gasteiger partial charge in [-0.1, -0.05) is 20.4 Å². The highest BCUT2D eigenvalue weighted by Gasteiger charge is 2.17. The van der Waals surface area contributed by atoms with E-state index in [1.165, 1.54) is 0 Å². The second-order valence-corrected chi connectivity index (χ2v) is 7.67. The Morgan fingerprint density at radius 2 is 2.03 bits per heavy atom. The molecule has 1 aliphatic rings. The standard InChI is InChI=1S/C20H29N5O3.ClH/c1-12(2)18-15(10-16-20(27)21-14(4)19(26)23-16)22-17(24-18)6-5-7-25-8-9-28-13(3)11-25;/h10,12-13H,4-9,11H2,1-3H3,(H,21,27)(H,22,24)(H,23,26);1H. The van der Waals surface area contributed by atoms with E-state index in [9.17, 15) is 9.59 Å². The first-order valence-electron chi connectivity index (χ1n) is 9.79. The van der Waals surface area contributed by atoms with E-state index in [-0.39, 0.29) is 40.7 Å². The van der Waals surface area contributed by atoms with E-state index in [1.54, 1.807) is 6.08 Å². The summed E-state index contributed by atoms with van der Waals surface area (Å²) < 4.78 is 5.58. The van der Waals surface area contributed by atoms with Crippen LogP contribution in [-0.4, -0.2) is 57.2 Å². The van der Waals surface area contributed by atoms with Crippen molar-refractivity contribution in [3.8, 4) is 0 Å². The summed E-state index contributed by atoms with van der Waals surface area (Å²) in [6, 6.07) is 0. The summed E-state index contributed by atoms with van der Waals surface area (Å²) in [7, 11) is 0. The fourth-order valence-corrected chi connectivity index (χ4v) is 3.44. The van der Waals surface area contributed by atoms with Crippen LogP contribution in [0.2, 0.25) is 0 Å². The molecule has 1 unspecified atom stereocenters. The van der Waals surface area contributed by atoms with Crippen LogP contribution in [0.15, 0.2) is 9.59 Å². The molecule has 0 radical (unpaired) electrons. The number of halogens is 1. The van der Waals surface area contributed by atoms with Crippen LogP contribution in [-0.2, 0) is 11.2 Å². The summed E-state index contributed by atoms with van der Waals surface area (Å²) in [6.07, 6.45) is 3.73. The molecular weight excluding hydrogens is 394 g/mol. The zero-order chi connectivity index (χ0) is 20.3. The van der Waals surface area contributed by atoms with Crippen LogP contribution < -0.4 is 21.8 Å². The number of imidazole rings is 1. The minimum atomic E-state index is -0.410. The number of rotatable bonds is 6. The predicted octanol–water partition coefficient (Wildman–Crippen LogP) is 0.224. The summed E-state index contributed by atoms with van der Waals surface area (Å²) in [4.78, 5) is 39.4. The Labute approximate surface area is 175 Å². The number of aromatic nitrogens is 4. The van der Waals surface area contributed by atoms with Gasteiger partial charge in [0, 0.05) is 25.2 Å². The molecule has 0 spiro atoms. The lowest BCUT2D eigenvalue weighted by Crippen LogP contribution is -2.46. The van der Waals surface area contributed by atoms with Crippen LogP contribution in [0, 0.1) is 0 Å². The third-order valence-electron chi connectivity index (χ3n) is 4.91. The Morgan fingerprint density at radius 3 is 2.72 bits per heavy atom. The predicted molar refractivity (Wildman–Crippen MR) is 116 cm³/mol. The van der Waals surface area contributed by atoms with Crippen molar-refractivity contribution in [3.05, 3.63) is 48.6 Å². The molecule has 1 aliphatic heterocycles. The van der Waals surface area contributed by atoms with Gasteiger partial charge in [0.15, 0.2) is 0 Å². The molecule has 0 aromatic carbocycles. The highest BCUT2D eigenvalue weighted by atomic mass is 35.5. The summed E-state index contributed by atoms with van der Waals surface area (Å²) in [5.41, 5.74) is 0.842. The Hall–Kier alpha value is -2.16. The molecule has 2 aromatic heterocycles. The minimum absolute atomic E-state index is 0. The first-order valence-corrected chi connectivity index (χ1v) is 9.79. The van der Waals surface area contributed by atoms with Crippen molar-refractivity contribution in [1.82, 2.24) is 24.8 Å². The van der Waals surface area contributed by atoms with Crippen LogP contribution >= 0.6 is 12.4 Å². The Balaban J connectivity index is 0.00000300. The van der Waals surface area contributed by atoms with Gasteiger partial charge in [-0.3, -0.25) is 14.5 Å². The van der Waals surface area contributed by atoms with Crippen molar-refractivity contribution in [3.63, 3.8) is 0 Å². The summed E-state index contributed by atoms with van der Waals surface area (Å²) in [5, 5.41) is 0.228. The molecule has 0 amide bonds. The lowest BCUT2D eigenvalue weighted by atomic mass is 10.1. The van der Waals surface area contributed by atoms with Gasteiger partial charge in [-0.2, -0.15) is 0 Å². The first kappa shape index (κ1) is 23.1. The molecule has 160 valence electrons. The van der Waals surface area contributed by atoms with E-state index in [1.807, 2.05) is 0 Å². The molecule has 1 saturated heterocycles. The van der Waals surface area contributed by atoms with E-state index in [4.69, 9.17) is 4.74 Å². The van der Waals surface area contributed by atoms with Crippen molar-refractivity contribution < 1.29 is 4.74 Å². The van der Waals surface area contributed by atoms with Crippen molar-refractivity contribution >= 4 is 25.1 Å². The number of aryl methyl sites for hydroxylation is 1. The van der Waals surface area contributed by atoms with Crippen molar-refractivity contribution in [1.29, 1.82) is 0 Å². The van der Waals surface area contributed by atoms with Gasteiger partial charge >= 0.3 is 0 Å². The smallest absolute Gasteiger partial charge is 0.272 e. The molecule has 9 heteroatoms. The molecule has 2 aromatic rings. The van der Waals surface area contributed by atoms with Crippen LogP contribution in [0.1, 0.15) is 50.3 Å². The van der Waals surface area contributed by atoms with Gasteiger partial charge in [0.05, 0.1) is 23.8 Å². The third-order valence-corrected chi connectivity index (χ3v) is 4.91. The monoisotopic (exact) mass is 423 g/mol. The van der Waals surface area contributed by atoms with Crippen LogP contribution in [0.4, 0.5) is 0 Å². The molecule has 0 saturated carbocycles. The second kappa shape index (κ2) is 10.0. The highest BCUT2D eigenvalue weighted by molar-refractivity contribution is 5.85. The average Bonchev–Trinajstić information content (AvgIpc) is 3.03. The molecule has 3 N–H and O–H groups in total. The third kappa shape index (κ3) is 5.91. The number of hydrogen-bond acceptors (Lipinski definition) is 5. The Morgan fingerprint density at radius 1 is 1.28 bits per heavy atom. The maximum Gasteiger partial charge on any atom is 0.272 e. The number of hydrogen-bond donors (Lipinski definition) is 3.